The predicted molar refractivity (Wildman–Crippen MR) is 42.0 cm³/mol. The van der Waals surface area contributed by atoms with Crippen molar-refractivity contribution in [3.8, 4) is 0 Å². The fraction of sp³-hybridized carbons (Fsp3) is 0.625. The minimum atomic E-state index is 0.610. The summed E-state index contributed by atoms with van der Waals surface area (Å²) in [5.74, 6) is 0. The lowest BCUT2D eigenvalue weighted by atomic mass is 10.0. The molecule has 0 amide bonds. The van der Waals surface area contributed by atoms with Crippen LogP contribution in [-0.2, 0) is 0 Å². The van der Waals surface area contributed by atoms with E-state index < -0.39 is 0 Å². The molecule has 0 saturated carbocycles. The second-order valence-corrected chi connectivity index (χ2v) is 2.88. The number of hydrogen-bond donors (Lipinski definition) is 0. The molecule has 0 N–H and O–H groups in total. The topological polar surface area (TPSA) is 15.6 Å². The SMILES string of the molecule is C1=CC2CCCCN2N=C1. The molecule has 0 aliphatic carbocycles. The van der Waals surface area contributed by atoms with Crippen LogP contribution in [0.2, 0.25) is 0 Å². The quantitative estimate of drug-likeness (QED) is 0.491. The lowest BCUT2D eigenvalue weighted by Gasteiger charge is -2.32. The minimum absolute atomic E-state index is 0.610. The predicted octanol–water partition coefficient (Wildman–Crippen LogP) is 1.40. The van der Waals surface area contributed by atoms with E-state index in [1.807, 2.05) is 12.3 Å². The van der Waals surface area contributed by atoms with Crippen molar-refractivity contribution in [3.63, 3.8) is 0 Å². The summed E-state index contributed by atoms with van der Waals surface area (Å²) in [4.78, 5) is 0. The van der Waals surface area contributed by atoms with Crippen LogP contribution in [0.5, 0.6) is 0 Å². The zero-order chi connectivity index (χ0) is 6.81. The van der Waals surface area contributed by atoms with Crippen molar-refractivity contribution in [2.45, 2.75) is 25.3 Å². The lowest BCUT2D eigenvalue weighted by molar-refractivity contribution is 0.186. The van der Waals surface area contributed by atoms with Crippen LogP contribution in [0.1, 0.15) is 19.3 Å². The van der Waals surface area contributed by atoms with Crippen LogP contribution in [-0.4, -0.2) is 23.8 Å². The van der Waals surface area contributed by atoms with Gasteiger partial charge in [0.15, 0.2) is 0 Å². The summed E-state index contributed by atoms with van der Waals surface area (Å²) in [6.45, 7) is 1.14. The lowest BCUT2D eigenvalue weighted by Crippen LogP contribution is -2.35. The Balaban J connectivity index is 2.09. The fourth-order valence-electron chi connectivity index (χ4n) is 1.58. The molecule has 2 heterocycles. The Labute approximate surface area is 61.2 Å². The molecule has 0 spiro atoms. The smallest absolute Gasteiger partial charge is 0.0654 e. The van der Waals surface area contributed by atoms with Gasteiger partial charge in [-0.1, -0.05) is 6.08 Å². The van der Waals surface area contributed by atoms with Crippen LogP contribution >= 0.6 is 0 Å². The van der Waals surface area contributed by atoms with Gasteiger partial charge in [-0.15, -0.1) is 0 Å². The summed E-state index contributed by atoms with van der Waals surface area (Å²) < 4.78 is 0. The zero-order valence-corrected chi connectivity index (χ0v) is 6.03. The molecule has 2 aliphatic rings. The zero-order valence-electron chi connectivity index (χ0n) is 6.03. The molecule has 2 nitrogen and oxygen atoms in total. The molecule has 54 valence electrons. The van der Waals surface area contributed by atoms with E-state index in [9.17, 15) is 0 Å². The molecule has 1 unspecified atom stereocenters. The average molecular weight is 136 g/mol. The second-order valence-electron chi connectivity index (χ2n) is 2.88. The van der Waals surface area contributed by atoms with Crippen molar-refractivity contribution < 1.29 is 0 Å². The van der Waals surface area contributed by atoms with Gasteiger partial charge in [0.1, 0.15) is 0 Å². The van der Waals surface area contributed by atoms with E-state index in [2.05, 4.69) is 16.2 Å². The van der Waals surface area contributed by atoms with Gasteiger partial charge in [-0.2, -0.15) is 5.10 Å². The first-order chi connectivity index (χ1) is 4.97. The van der Waals surface area contributed by atoms with Gasteiger partial charge in [-0.05, 0) is 25.3 Å². The first-order valence-electron chi connectivity index (χ1n) is 3.94. The van der Waals surface area contributed by atoms with Crippen molar-refractivity contribution in [2.75, 3.05) is 6.54 Å². The van der Waals surface area contributed by atoms with E-state index in [4.69, 9.17) is 0 Å². The Hall–Kier alpha value is -0.790. The summed E-state index contributed by atoms with van der Waals surface area (Å²) in [7, 11) is 0. The molecule has 0 bridgehead atoms. The number of fused-ring (bicyclic) bond motifs is 1. The van der Waals surface area contributed by atoms with Crippen molar-refractivity contribution in [2.24, 2.45) is 5.10 Å². The summed E-state index contributed by atoms with van der Waals surface area (Å²) in [6, 6.07) is 0.610. The molecule has 0 aromatic rings. The van der Waals surface area contributed by atoms with E-state index in [1.54, 1.807) is 0 Å². The van der Waals surface area contributed by atoms with Crippen molar-refractivity contribution in [3.05, 3.63) is 12.2 Å². The van der Waals surface area contributed by atoms with E-state index in [0.717, 1.165) is 6.54 Å². The Morgan fingerprint density at radius 3 is 3.30 bits per heavy atom. The monoisotopic (exact) mass is 136 g/mol. The van der Waals surface area contributed by atoms with E-state index >= 15 is 0 Å². The molecule has 1 fully saturated rings. The minimum Gasteiger partial charge on any atom is -0.290 e. The fourth-order valence-corrected chi connectivity index (χ4v) is 1.58. The third-order valence-corrected chi connectivity index (χ3v) is 2.15. The molecule has 0 aromatic heterocycles. The van der Waals surface area contributed by atoms with Crippen LogP contribution in [0.25, 0.3) is 0 Å². The summed E-state index contributed by atoms with van der Waals surface area (Å²) in [5.41, 5.74) is 0. The van der Waals surface area contributed by atoms with Gasteiger partial charge in [-0.25, -0.2) is 0 Å². The van der Waals surface area contributed by atoms with Crippen LogP contribution in [0.3, 0.4) is 0 Å². The van der Waals surface area contributed by atoms with E-state index in [-0.39, 0.29) is 0 Å². The van der Waals surface area contributed by atoms with Crippen molar-refractivity contribution in [1.29, 1.82) is 0 Å². The van der Waals surface area contributed by atoms with E-state index in [0.29, 0.717) is 6.04 Å². The van der Waals surface area contributed by atoms with Gasteiger partial charge >= 0.3 is 0 Å². The molecule has 1 saturated heterocycles. The maximum absolute atomic E-state index is 4.27. The highest BCUT2D eigenvalue weighted by Crippen LogP contribution is 2.19. The third kappa shape index (κ3) is 0.939. The van der Waals surface area contributed by atoms with Gasteiger partial charge in [0, 0.05) is 12.8 Å². The first kappa shape index (κ1) is 5.96. The molecule has 0 aromatic carbocycles. The average Bonchev–Trinajstić information content (AvgIpc) is 2.05. The highest BCUT2D eigenvalue weighted by atomic mass is 15.5. The molecule has 2 heteroatoms. The Kier molecular flexibility index (Phi) is 1.46. The van der Waals surface area contributed by atoms with Crippen LogP contribution in [0, 0.1) is 0 Å². The molecular formula is C8H12N2. The molecular weight excluding hydrogens is 124 g/mol. The number of piperidine rings is 1. The molecule has 0 radical (unpaired) electrons. The molecule has 1 atom stereocenters. The Morgan fingerprint density at radius 2 is 2.40 bits per heavy atom. The first-order valence-corrected chi connectivity index (χ1v) is 3.94. The van der Waals surface area contributed by atoms with Gasteiger partial charge in [-0.3, -0.25) is 5.01 Å². The summed E-state index contributed by atoms with van der Waals surface area (Å²) in [5, 5.41) is 6.46. The Bertz CT molecular complexity index is 152. The molecule has 10 heavy (non-hydrogen) atoms. The largest absolute Gasteiger partial charge is 0.290 e. The number of allylic oxidation sites excluding steroid dienone is 1. The standard InChI is InChI=1S/C8H12N2/c1-2-7-10-8(4-1)5-3-6-9-10/h3,5-6,8H,1-2,4,7H2. The van der Waals surface area contributed by atoms with Crippen molar-refractivity contribution >= 4 is 6.21 Å². The van der Waals surface area contributed by atoms with Crippen LogP contribution in [0.15, 0.2) is 17.3 Å². The van der Waals surface area contributed by atoms with Gasteiger partial charge in [0.25, 0.3) is 0 Å². The van der Waals surface area contributed by atoms with Crippen LogP contribution in [0.4, 0.5) is 0 Å². The normalized spacial score (nSPS) is 30.4. The third-order valence-electron chi connectivity index (χ3n) is 2.15. The highest BCUT2D eigenvalue weighted by molar-refractivity contribution is 5.71. The van der Waals surface area contributed by atoms with E-state index in [1.165, 1.54) is 19.3 Å². The van der Waals surface area contributed by atoms with Gasteiger partial charge < -0.3 is 0 Å². The number of rotatable bonds is 0. The molecule has 2 aliphatic heterocycles. The number of hydrazone groups is 1. The number of nitrogens with zero attached hydrogens (tertiary/aromatic N) is 2. The maximum atomic E-state index is 4.27. The Morgan fingerprint density at radius 1 is 1.40 bits per heavy atom. The summed E-state index contributed by atoms with van der Waals surface area (Å²) >= 11 is 0. The second kappa shape index (κ2) is 2.45. The summed E-state index contributed by atoms with van der Waals surface area (Å²) in [6.07, 6.45) is 10.1. The molecule has 2 rings (SSSR count). The van der Waals surface area contributed by atoms with Gasteiger partial charge in [0.2, 0.25) is 0 Å². The van der Waals surface area contributed by atoms with Crippen molar-refractivity contribution in [1.82, 2.24) is 5.01 Å². The number of hydrogen-bond acceptors (Lipinski definition) is 2. The maximum Gasteiger partial charge on any atom is 0.0654 e. The van der Waals surface area contributed by atoms with Crippen LogP contribution < -0.4 is 0 Å². The van der Waals surface area contributed by atoms with Gasteiger partial charge in [0.05, 0.1) is 6.04 Å². The highest BCUT2D eigenvalue weighted by Gasteiger charge is 2.18.